The Bertz CT molecular complexity index is 1030. The number of amides is 1. The van der Waals surface area contributed by atoms with Crippen LogP contribution in [0, 0.1) is 10.1 Å². The third-order valence-corrected chi connectivity index (χ3v) is 5.56. The van der Waals surface area contributed by atoms with Crippen LogP contribution in [0.2, 0.25) is 0 Å². The molecule has 1 fully saturated rings. The largest absolute Gasteiger partial charge is 0.430 e. The Labute approximate surface area is 189 Å². The van der Waals surface area contributed by atoms with Gasteiger partial charge in [0.05, 0.1) is 4.92 Å². The molecule has 0 atom stereocenters. The van der Waals surface area contributed by atoms with E-state index >= 15 is 0 Å². The predicted octanol–water partition coefficient (Wildman–Crippen LogP) is 3.87. The molecule has 3 rings (SSSR count). The minimum Gasteiger partial charge on any atom is -0.369 e. The molecule has 1 aliphatic heterocycles. The van der Waals surface area contributed by atoms with E-state index < -0.39 is 28.4 Å². The summed E-state index contributed by atoms with van der Waals surface area (Å²) >= 11 is 0. The SMILES string of the molecule is O=C(c1ccc([N+](=O)[O-])cc1)N1CCN(Cc2cccc(C(O)(C(F)(F)F)C(F)(F)F)c2)CC1. The lowest BCUT2D eigenvalue weighted by Gasteiger charge is -2.35. The molecule has 184 valence electrons. The molecule has 0 bridgehead atoms. The Hall–Kier alpha value is -3.19. The fourth-order valence-electron chi connectivity index (χ4n) is 3.66. The maximum atomic E-state index is 13.1. The second kappa shape index (κ2) is 9.22. The summed E-state index contributed by atoms with van der Waals surface area (Å²) in [5.41, 5.74) is -6.08. The van der Waals surface area contributed by atoms with Gasteiger partial charge in [0.15, 0.2) is 0 Å². The number of carbonyl (C=O) groups excluding carboxylic acids is 1. The van der Waals surface area contributed by atoms with Gasteiger partial charge in [-0.1, -0.05) is 24.3 Å². The average molecular weight is 491 g/mol. The normalized spacial score (nSPS) is 15.9. The van der Waals surface area contributed by atoms with E-state index in [1.165, 1.54) is 35.2 Å². The molecule has 0 radical (unpaired) electrons. The summed E-state index contributed by atoms with van der Waals surface area (Å²) < 4.78 is 78.9. The minimum atomic E-state index is -5.96. The number of aliphatic hydroxyl groups is 1. The molecule has 2 aromatic carbocycles. The maximum absolute atomic E-state index is 13.1. The van der Waals surface area contributed by atoms with Gasteiger partial charge in [-0.25, -0.2) is 0 Å². The summed E-state index contributed by atoms with van der Waals surface area (Å²) in [5, 5.41) is 20.3. The quantitative estimate of drug-likeness (QED) is 0.390. The van der Waals surface area contributed by atoms with Crippen molar-refractivity contribution in [2.75, 3.05) is 26.2 Å². The number of halogens is 6. The van der Waals surface area contributed by atoms with Gasteiger partial charge in [0.1, 0.15) is 0 Å². The van der Waals surface area contributed by atoms with Gasteiger partial charge in [0, 0.05) is 56.0 Å². The van der Waals surface area contributed by atoms with Crippen LogP contribution in [-0.2, 0) is 12.1 Å². The van der Waals surface area contributed by atoms with Crippen LogP contribution in [0.15, 0.2) is 48.5 Å². The van der Waals surface area contributed by atoms with Crippen molar-refractivity contribution in [3.05, 3.63) is 75.3 Å². The number of hydrogen-bond donors (Lipinski definition) is 1. The van der Waals surface area contributed by atoms with Crippen molar-refractivity contribution in [1.82, 2.24) is 9.80 Å². The van der Waals surface area contributed by atoms with Gasteiger partial charge in [-0.3, -0.25) is 19.8 Å². The number of nitro groups is 1. The molecule has 0 saturated carbocycles. The van der Waals surface area contributed by atoms with Crippen molar-refractivity contribution in [1.29, 1.82) is 0 Å². The van der Waals surface area contributed by atoms with Crippen LogP contribution >= 0.6 is 0 Å². The number of carbonyl (C=O) groups is 1. The van der Waals surface area contributed by atoms with Crippen molar-refractivity contribution >= 4 is 11.6 Å². The van der Waals surface area contributed by atoms with Gasteiger partial charge >= 0.3 is 12.4 Å². The summed E-state index contributed by atoms with van der Waals surface area (Å²) in [7, 11) is 0. The molecule has 1 aliphatic rings. The summed E-state index contributed by atoms with van der Waals surface area (Å²) in [6.45, 7) is 1.09. The first kappa shape index (κ1) is 25.4. The van der Waals surface area contributed by atoms with Crippen LogP contribution in [0.3, 0.4) is 0 Å². The van der Waals surface area contributed by atoms with Crippen molar-refractivity contribution in [2.24, 2.45) is 0 Å². The Balaban J connectivity index is 1.67. The number of piperazine rings is 1. The van der Waals surface area contributed by atoms with Crippen molar-refractivity contribution in [3.8, 4) is 0 Å². The molecule has 34 heavy (non-hydrogen) atoms. The Morgan fingerprint density at radius 1 is 0.941 bits per heavy atom. The zero-order valence-corrected chi connectivity index (χ0v) is 17.4. The molecular formula is C21H19F6N3O4. The fourth-order valence-corrected chi connectivity index (χ4v) is 3.66. The molecule has 7 nitrogen and oxygen atoms in total. The Morgan fingerprint density at radius 3 is 2.00 bits per heavy atom. The highest BCUT2D eigenvalue weighted by molar-refractivity contribution is 5.94. The first-order chi connectivity index (χ1) is 15.7. The van der Waals surface area contributed by atoms with E-state index in [-0.39, 0.29) is 42.4 Å². The molecule has 0 aromatic heterocycles. The van der Waals surface area contributed by atoms with E-state index in [9.17, 15) is 46.4 Å². The number of nitrogens with zero attached hydrogens (tertiary/aromatic N) is 3. The minimum absolute atomic E-state index is 0.0131. The number of benzene rings is 2. The van der Waals surface area contributed by atoms with Crippen LogP contribution in [0.4, 0.5) is 32.0 Å². The lowest BCUT2D eigenvalue weighted by atomic mass is 9.91. The number of rotatable bonds is 5. The molecule has 1 saturated heterocycles. The van der Waals surface area contributed by atoms with E-state index in [1.807, 2.05) is 0 Å². The molecule has 0 spiro atoms. The number of non-ortho nitro benzene ring substituents is 1. The number of alkyl halides is 6. The standard InChI is InChI=1S/C21H19F6N3O4/c22-20(23,24)19(32,21(25,26)27)16-3-1-2-14(12-16)13-28-8-10-29(11-9-28)18(31)15-4-6-17(7-5-15)30(33)34/h1-7,12,32H,8-11,13H2. The third kappa shape index (κ3) is 4.99. The van der Waals surface area contributed by atoms with Crippen LogP contribution in [0.1, 0.15) is 21.5 Å². The fraction of sp³-hybridized carbons (Fsp3) is 0.381. The lowest BCUT2D eigenvalue weighted by Crippen LogP contribution is -2.54. The molecule has 1 N–H and O–H groups in total. The predicted molar refractivity (Wildman–Crippen MR) is 107 cm³/mol. The molecule has 1 amide bonds. The second-order valence-electron chi connectivity index (χ2n) is 7.78. The molecule has 13 heteroatoms. The van der Waals surface area contributed by atoms with Crippen molar-refractivity contribution in [3.63, 3.8) is 0 Å². The van der Waals surface area contributed by atoms with Gasteiger partial charge in [-0.05, 0) is 17.7 Å². The average Bonchev–Trinajstić information content (AvgIpc) is 2.77. The monoisotopic (exact) mass is 491 g/mol. The highest BCUT2D eigenvalue weighted by atomic mass is 19.4. The van der Waals surface area contributed by atoms with Crippen LogP contribution in [-0.4, -0.2) is 64.3 Å². The van der Waals surface area contributed by atoms with E-state index in [2.05, 4.69) is 0 Å². The molecular weight excluding hydrogens is 472 g/mol. The first-order valence-electron chi connectivity index (χ1n) is 9.95. The highest BCUT2D eigenvalue weighted by Crippen LogP contribution is 2.50. The second-order valence-corrected chi connectivity index (χ2v) is 7.78. The summed E-state index contributed by atoms with van der Waals surface area (Å²) in [5.74, 6) is -0.350. The summed E-state index contributed by atoms with van der Waals surface area (Å²) in [6.07, 6.45) is -11.9. The van der Waals surface area contributed by atoms with Crippen LogP contribution < -0.4 is 0 Å². The topological polar surface area (TPSA) is 86.9 Å². The molecule has 0 aliphatic carbocycles. The van der Waals surface area contributed by atoms with E-state index in [4.69, 9.17) is 0 Å². The van der Waals surface area contributed by atoms with Gasteiger partial charge < -0.3 is 10.0 Å². The van der Waals surface area contributed by atoms with Gasteiger partial charge in [0.2, 0.25) is 0 Å². The van der Waals surface area contributed by atoms with Gasteiger partial charge in [0.25, 0.3) is 17.2 Å². The van der Waals surface area contributed by atoms with Gasteiger partial charge in [-0.2, -0.15) is 26.3 Å². The first-order valence-corrected chi connectivity index (χ1v) is 9.95. The smallest absolute Gasteiger partial charge is 0.369 e. The van der Waals surface area contributed by atoms with Crippen LogP contribution in [0.25, 0.3) is 0 Å². The number of hydrogen-bond acceptors (Lipinski definition) is 5. The maximum Gasteiger partial charge on any atom is 0.430 e. The number of nitro benzene ring substituents is 1. The molecule has 0 unspecified atom stereocenters. The van der Waals surface area contributed by atoms with Gasteiger partial charge in [-0.15, -0.1) is 0 Å². The zero-order valence-electron chi connectivity index (χ0n) is 17.4. The molecule has 2 aromatic rings. The summed E-state index contributed by atoms with van der Waals surface area (Å²) in [4.78, 5) is 26.0. The lowest BCUT2D eigenvalue weighted by molar-refractivity contribution is -0.384. The summed E-state index contributed by atoms with van der Waals surface area (Å²) in [6, 6.07) is 8.70. The Kier molecular flexibility index (Phi) is 6.90. The van der Waals surface area contributed by atoms with E-state index in [0.717, 1.165) is 6.07 Å². The Morgan fingerprint density at radius 2 is 1.50 bits per heavy atom. The van der Waals surface area contributed by atoms with Crippen molar-refractivity contribution < 1.29 is 41.2 Å². The highest BCUT2D eigenvalue weighted by Gasteiger charge is 2.71. The third-order valence-electron chi connectivity index (χ3n) is 5.56. The van der Waals surface area contributed by atoms with Crippen molar-refractivity contribution in [2.45, 2.75) is 24.5 Å². The zero-order chi connectivity index (χ0) is 25.3. The van der Waals surface area contributed by atoms with E-state index in [1.54, 1.807) is 4.90 Å². The molecule has 1 heterocycles. The van der Waals surface area contributed by atoms with E-state index in [0.29, 0.717) is 25.2 Å². The van der Waals surface area contributed by atoms with Crippen LogP contribution in [0.5, 0.6) is 0 Å².